The predicted molar refractivity (Wildman–Crippen MR) is 117 cm³/mol. The van der Waals surface area contributed by atoms with Gasteiger partial charge in [-0.25, -0.2) is 4.98 Å². The van der Waals surface area contributed by atoms with Crippen LogP contribution in [-0.4, -0.2) is 33.7 Å². The molecule has 154 valence electrons. The van der Waals surface area contributed by atoms with Crippen molar-refractivity contribution in [2.24, 2.45) is 0 Å². The van der Waals surface area contributed by atoms with E-state index in [0.717, 1.165) is 41.3 Å². The fourth-order valence-corrected chi connectivity index (χ4v) is 4.44. The topological polar surface area (TPSA) is 75.2 Å². The Bertz CT molecular complexity index is 1130. The van der Waals surface area contributed by atoms with Gasteiger partial charge in [0.1, 0.15) is 5.82 Å². The predicted octanol–water partition coefficient (Wildman–Crippen LogP) is 3.62. The number of benzene rings is 1. The Balaban J connectivity index is 1.68. The Hall–Kier alpha value is -3.28. The summed E-state index contributed by atoms with van der Waals surface area (Å²) in [4.78, 5) is 33.5. The van der Waals surface area contributed by atoms with Crippen molar-refractivity contribution in [2.45, 2.75) is 45.6 Å². The summed E-state index contributed by atoms with van der Waals surface area (Å²) >= 11 is 0. The summed E-state index contributed by atoms with van der Waals surface area (Å²) in [5.74, 6) is 0.520. The molecule has 1 unspecified atom stereocenters. The molecule has 0 bridgehead atoms. The Labute approximate surface area is 176 Å². The average molecular weight is 402 g/mol. The summed E-state index contributed by atoms with van der Waals surface area (Å²) in [5, 5.41) is 3.96. The molecule has 6 heteroatoms. The van der Waals surface area contributed by atoms with Gasteiger partial charge in [-0.05, 0) is 60.7 Å². The van der Waals surface area contributed by atoms with Gasteiger partial charge in [-0.15, -0.1) is 0 Å². The summed E-state index contributed by atoms with van der Waals surface area (Å²) in [5.41, 5.74) is 5.47. The Morgan fingerprint density at radius 1 is 1.23 bits per heavy atom. The number of aromatic nitrogens is 2. The maximum atomic E-state index is 11.6. The number of pyridine rings is 2. The van der Waals surface area contributed by atoms with Crippen LogP contribution in [0.5, 0.6) is 0 Å². The smallest absolute Gasteiger partial charge is 0.222 e. The number of carbonyl (C=O) groups is 2. The number of nitrogens with one attached hydrogen (secondary N) is 1. The molecule has 3 aromatic rings. The molecule has 0 radical (unpaired) electrons. The minimum atomic E-state index is -0.148. The highest BCUT2D eigenvalue weighted by Gasteiger charge is 2.37. The van der Waals surface area contributed by atoms with E-state index in [1.165, 1.54) is 18.1 Å². The summed E-state index contributed by atoms with van der Waals surface area (Å²) in [6, 6.07) is 10.5. The van der Waals surface area contributed by atoms with Crippen LogP contribution in [0.1, 0.15) is 43.0 Å². The van der Waals surface area contributed by atoms with E-state index < -0.39 is 0 Å². The zero-order valence-corrected chi connectivity index (χ0v) is 17.6. The maximum absolute atomic E-state index is 11.6. The standard InChI is InChI=1S/C24H26N4O2/c1-4-28(15-29)14-17-8-18-9-19-11-24(3,12-20(19)10-22(18)26-13-17)21-6-5-7-25-23(21)27-16(2)30/h5-10,13,15H,4,11-12,14H2,1-3H3,(H,25,27,30). The third kappa shape index (κ3) is 3.77. The largest absolute Gasteiger partial charge is 0.341 e. The molecule has 1 aromatic carbocycles. The second kappa shape index (κ2) is 7.86. The first-order valence-corrected chi connectivity index (χ1v) is 10.2. The van der Waals surface area contributed by atoms with Crippen LogP contribution in [0.2, 0.25) is 0 Å². The van der Waals surface area contributed by atoms with Gasteiger partial charge in [-0.2, -0.15) is 0 Å². The van der Waals surface area contributed by atoms with E-state index in [4.69, 9.17) is 0 Å². The quantitative estimate of drug-likeness (QED) is 0.639. The first kappa shape index (κ1) is 20.0. The molecule has 2 amide bonds. The van der Waals surface area contributed by atoms with Gasteiger partial charge < -0.3 is 10.2 Å². The van der Waals surface area contributed by atoms with Crippen molar-refractivity contribution in [3.63, 3.8) is 0 Å². The molecular weight excluding hydrogens is 376 g/mol. The van der Waals surface area contributed by atoms with Crippen molar-refractivity contribution in [3.05, 3.63) is 65.0 Å². The lowest BCUT2D eigenvalue weighted by molar-refractivity contribution is -0.118. The number of nitrogens with zero attached hydrogens (tertiary/aromatic N) is 3. The maximum Gasteiger partial charge on any atom is 0.222 e. The number of rotatable bonds is 6. The molecule has 30 heavy (non-hydrogen) atoms. The minimum Gasteiger partial charge on any atom is -0.341 e. The van der Waals surface area contributed by atoms with E-state index in [1.807, 2.05) is 19.2 Å². The van der Waals surface area contributed by atoms with Gasteiger partial charge in [0.25, 0.3) is 0 Å². The molecular formula is C24H26N4O2. The van der Waals surface area contributed by atoms with E-state index in [9.17, 15) is 9.59 Å². The molecule has 0 saturated heterocycles. The van der Waals surface area contributed by atoms with Crippen LogP contribution in [0.3, 0.4) is 0 Å². The van der Waals surface area contributed by atoms with Crippen LogP contribution in [-0.2, 0) is 34.4 Å². The van der Waals surface area contributed by atoms with Gasteiger partial charge >= 0.3 is 0 Å². The van der Waals surface area contributed by atoms with Gasteiger partial charge in [0.05, 0.1) is 5.52 Å². The van der Waals surface area contributed by atoms with Gasteiger partial charge in [0.15, 0.2) is 0 Å². The van der Waals surface area contributed by atoms with E-state index in [2.05, 4.69) is 46.5 Å². The normalized spacial score (nSPS) is 17.6. The van der Waals surface area contributed by atoms with Gasteiger partial charge in [0, 0.05) is 48.8 Å². The number of carbonyl (C=O) groups excluding carboxylic acids is 2. The van der Waals surface area contributed by atoms with Crippen molar-refractivity contribution < 1.29 is 9.59 Å². The fourth-order valence-electron chi connectivity index (χ4n) is 4.44. The van der Waals surface area contributed by atoms with Crippen molar-refractivity contribution >= 4 is 29.0 Å². The number of amides is 2. The molecule has 0 aliphatic heterocycles. The second-order valence-electron chi connectivity index (χ2n) is 8.32. The number of anilines is 1. The van der Waals surface area contributed by atoms with E-state index in [-0.39, 0.29) is 11.3 Å². The molecule has 0 fully saturated rings. The van der Waals surface area contributed by atoms with E-state index in [1.54, 1.807) is 11.1 Å². The Morgan fingerprint density at radius 3 is 2.70 bits per heavy atom. The van der Waals surface area contributed by atoms with Gasteiger partial charge in [-0.3, -0.25) is 14.6 Å². The molecule has 4 rings (SSSR count). The van der Waals surface area contributed by atoms with Crippen molar-refractivity contribution in [1.82, 2.24) is 14.9 Å². The van der Waals surface area contributed by atoms with Gasteiger partial charge in [-0.1, -0.05) is 13.0 Å². The van der Waals surface area contributed by atoms with E-state index in [0.29, 0.717) is 18.9 Å². The van der Waals surface area contributed by atoms with Crippen molar-refractivity contribution in [1.29, 1.82) is 0 Å². The van der Waals surface area contributed by atoms with Crippen molar-refractivity contribution in [3.8, 4) is 0 Å². The number of fused-ring (bicyclic) bond motifs is 2. The van der Waals surface area contributed by atoms with Crippen LogP contribution in [0.4, 0.5) is 5.82 Å². The zero-order valence-electron chi connectivity index (χ0n) is 17.6. The third-order valence-corrected chi connectivity index (χ3v) is 5.91. The lowest BCUT2D eigenvalue weighted by Gasteiger charge is -2.26. The first-order chi connectivity index (χ1) is 14.4. The first-order valence-electron chi connectivity index (χ1n) is 10.2. The van der Waals surface area contributed by atoms with Gasteiger partial charge in [0.2, 0.25) is 12.3 Å². The molecule has 1 aliphatic rings. The molecule has 2 heterocycles. The fraction of sp³-hybridized carbons (Fsp3) is 0.333. The minimum absolute atomic E-state index is 0.118. The lowest BCUT2D eigenvalue weighted by atomic mass is 9.80. The van der Waals surface area contributed by atoms with Crippen LogP contribution < -0.4 is 5.32 Å². The summed E-state index contributed by atoms with van der Waals surface area (Å²) in [6.07, 6.45) is 6.17. The van der Waals surface area contributed by atoms with Crippen LogP contribution in [0.25, 0.3) is 10.9 Å². The average Bonchev–Trinajstić information content (AvgIpc) is 3.06. The molecule has 6 nitrogen and oxygen atoms in total. The number of hydrogen-bond acceptors (Lipinski definition) is 4. The molecule has 1 atom stereocenters. The second-order valence-corrected chi connectivity index (χ2v) is 8.32. The Kier molecular flexibility index (Phi) is 5.24. The number of hydrogen-bond donors (Lipinski definition) is 1. The zero-order chi connectivity index (χ0) is 21.3. The lowest BCUT2D eigenvalue weighted by Crippen LogP contribution is -2.25. The SMILES string of the molecule is CCN(C=O)Cc1cnc2cc3c(cc2c1)CC(C)(c1cccnc1NC(C)=O)C3. The molecule has 1 aliphatic carbocycles. The Morgan fingerprint density at radius 2 is 2.00 bits per heavy atom. The molecule has 0 spiro atoms. The monoisotopic (exact) mass is 402 g/mol. The van der Waals surface area contributed by atoms with E-state index >= 15 is 0 Å². The molecule has 2 aromatic heterocycles. The summed E-state index contributed by atoms with van der Waals surface area (Å²) in [7, 11) is 0. The summed E-state index contributed by atoms with van der Waals surface area (Å²) < 4.78 is 0. The third-order valence-electron chi connectivity index (χ3n) is 5.91. The van der Waals surface area contributed by atoms with Crippen LogP contribution >= 0.6 is 0 Å². The highest BCUT2D eigenvalue weighted by Crippen LogP contribution is 2.42. The summed E-state index contributed by atoms with van der Waals surface area (Å²) in [6.45, 7) is 6.93. The van der Waals surface area contributed by atoms with Crippen molar-refractivity contribution in [2.75, 3.05) is 11.9 Å². The van der Waals surface area contributed by atoms with Crippen LogP contribution in [0, 0.1) is 0 Å². The highest BCUT2D eigenvalue weighted by atomic mass is 16.1. The highest BCUT2D eigenvalue weighted by molar-refractivity contribution is 5.88. The van der Waals surface area contributed by atoms with Crippen LogP contribution in [0.15, 0.2) is 42.7 Å². The molecule has 0 saturated carbocycles. The molecule has 1 N–H and O–H groups in total.